The SMILES string of the molecule is CC1(O)CCN(c2nc(Cl)ncc2[N+](=O)[O-])CC1. The normalized spacial score (nSPS) is 18.7. The Balaban J connectivity index is 2.28. The summed E-state index contributed by atoms with van der Waals surface area (Å²) in [6, 6.07) is 0. The van der Waals surface area contributed by atoms with Gasteiger partial charge < -0.3 is 10.0 Å². The van der Waals surface area contributed by atoms with Crippen LogP contribution in [-0.2, 0) is 0 Å². The number of halogens is 1. The molecule has 1 aliphatic rings. The van der Waals surface area contributed by atoms with Gasteiger partial charge in [0.15, 0.2) is 0 Å². The van der Waals surface area contributed by atoms with E-state index < -0.39 is 10.5 Å². The molecule has 0 bridgehead atoms. The number of aromatic nitrogens is 2. The van der Waals surface area contributed by atoms with Crippen molar-refractivity contribution < 1.29 is 10.0 Å². The van der Waals surface area contributed by atoms with Crippen molar-refractivity contribution in [2.75, 3.05) is 18.0 Å². The molecule has 18 heavy (non-hydrogen) atoms. The number of hydrogen-bond donors (Lipinski definition) is 1. The first-order valence-corrected chi connectivity index (χ1v) is 5.91. The molecule has 1 aliphatic heterocycles. The Hall–Kier alpha value is -1.47. The van der Waals surface area contributed by atoms with Gasteiger partial charge in [0.25, 0.3) is 0 Å². The third-order valence-corrected chi connectivity index (χ3v) is 3.24. The molecule has 0 amide bonds. The first-order valence-electron chi connectivity index (χ1n) is 5.53. The zero-order valence-corrected chi connectivity index (χ0v) is 10.6. The lowest BCUT2D eigenvalue weighted by Crippen LogP contribution is -2.43. The Kier molecular flexibility index (Phi) is 3.36. The molecule has 0 spiro atoms. The lowest BCUT2D eigenvalue weighted by atomic mass is 9.94. The summed E-state index contributed by atoms with van der Waals surface area (Å²) >= 11 is 5.68. The highest BCUT2D eigenvalue weighted by molar-refractivity contribution is 6.28. The summed E-state index contributed by atoms with van der Waals surface area (Å²) in [5, 5.41) is 20.7. The van der Waals surface area contributed by atoms with E-state index in [0.29, 0.717) is 25.9 Å². The topological polar surface area (TPSA) is 92.4 Å². The highest BCUT2D eigenvalue weighted by atomic mass is 35.5. The molecular weight excluding hydrogens is 260 g/mol. The molecule has 0 aromatic carbocycles. The average molecular weight is 273 g/mol. The van der Waals surface area contributed by atoms with Crippen LogP contribution in [0.3, 0.4) is 0 Å². The highest BCUT2D eigenvalue weighted by Crippen LogP contribution is 2.30. The summed E-state index contributed by atoms with van der Waals surface area (Å²) in [6.45, 7) is 2.76. The van der Waals surface area contributed by atoms with Crippen molar-refractivity contribution in [3.63, 3.8) is 0 Å². The van der Waals surface area contributed by atoms with Crippen LogP contribution in [0.1, 0.15) is 19.8 Å². The zero-order chi connectivity index (χ0) is 13.3. The molecule has 1 saturated heterocycles. The number of aliphatic hydroxyl groups is 1. The predicted molar refractivity (Wildman–Crippen MR) is 65.8 cm³/mol. The van der Waals surface area contributed by atoms with Crippen LogP contribution in [0.2, 0.25) is 5.28 Å². The van der Waals surface area contributed by atoms with Crippen LogP contribution >= 0.6 is 11.6 Å². The Bertz CT molecular complexity index is 470. The minimum absolute atomic E-state index is 0.0204. The van der Waals surface area contributed by atoms with E-state index in [9.17, 15) is 15.2 Å². The fourth-order valence-corrected chi connectivity index (χ4v) is 2.04. The van der Waals surface area contributed by atoms with Gasteiger partial charge >= 0.3 is 5.69 Å². The molecule has 0 saturated carbocycles. The average Bonchev–Trinajstić information content (AvgIpc) is 2.28. The monoisotopic (exact) mass is 272 g/mol. The van der Waals surface area contributed by atoms with Gasteiger partial charge in [-0.1, -0.05) is 0 Å². The van der Waals surface area contributed by atoms with E-state index in [-0.39, 0.29) is 16.8 Å². The Labute approximate surface area is 109 Å². The van der Waals surface area contributed by atoms with Crippen LogP contribution in [-0.4, -0.2) is 38.7 Å². The van der Waals surface area contributed by atoms with E-state index in [1.807, 2.05) is 0 Å². The van der Waals surface area contributed by atoms with E-state index in [1.54, 1.807) is 11.8 Å². The van der Waals surface area contributed by atoms with Gasteiger partial charge in [0.2, 0.25) is 11.1 Å². The van der Waals surface area contributed by atoms with Gasteiger partial charge in [0.05, 0.1) is 10.5 Å². The maximum absolute atomic E-state index is 10.9. The maximum atomic E-state index is 10.9. The lowest BCUT2D eigenvalue weighted by Gasteiger charge is -2.35. The largest absolute Gasteiger partial charge is 0.390 e. The first kappa shape index (κ1) is 13.0. The van der Waals surface area contributed by atoms with Gasteiger partial charge in [-0.25, -0.2) is 4.98 Å². The summed E-state index contributed by atoms with van der Waals surface area (Å²) in [5.74, 6) is 0.218. The minimum atomic E-state index is -0.720. The summed E-state index contributed by atoms with van der Waals surface area (Å²) in [4.78, 5) is 19.7. The van der Waals surface area contributed by atoms with Crippen molar-refractivity contribution in [3.8, 4) is 0 Å². The molecule has 2 heterocycles. The molecule has 98 valence electrons. The smallest absolute Gasteiger partial charge is 0.329 e. The van der Waals surface area contributed by atoms with Crippen LogP contribution in [0.5, 0.6) is 0 Å². The number of nitrogens with zero attached hydrogens (tertiary/aromatic N) is 4. The van der Waals surface area contributed by atoms with Crippen LogP contribution < -0.4 is 4.90 Å². The Morgan fingerprint density at radius 2 is 2.17 bits per heavy atom. The number of piperidine rings is 1. The van der Waals surface area contributed by atoms with Gasteiger partial charge in [-0.2, -0.15) is 4.98 Å². The van der Waals surface area contributed by atoms with Crippen molar-refractivity contribution in [1.82, 2.24) is 9.97 Å². The predicted octanol–water partition coefficient (Wildman–Crippen LogP) is 1.39. The molecule has 0 radical (unpaired) electrons. The minimum Gasteiger partial charge on any atom is -0.390 e. The molecule has 1 aromatic rings. The maximum Gasteiger partial charge on any atom is 0.329 e. The zero-order valence-electron chi connectivity index (χ0n) is 9.84. The molecule has 0 aliphatic carbocycles. The van der Waals surface area contributed by atoms with Crippen molar-refractivity contribution in [1.29, 1.82) is 0 Å². The van der Waals surface area contributed by atoms with Crippen molar-refractivity contribution >= 4 is 23.1 Å². The van der Waals surface area contributed by atoms with Gasteiger partial charge in [-0.05, 0) is 31.4 Å². The Morgan fingerprint density at radius 1 is 1.56 bits per heavy atom. The molecule has 1 N–H and O–H groups in total. The molecule has 2 rings (SSSR count). The third kappa shape index (κ3) is 2.68. The van der Waals surface area contributed by atoms with E-state index in [1.165, 1.54) is 0 Å². The number of nitro groups is 1. The van der Waals surface area contributed by atoms with Gasteiger partial charge in [0, 0.05) is 13.1 Å². The third-order valence-electron chi connectivity index (χ3n) is 3.06. The van der Waals surface area contributed by atoms with Crippen molar-refractivity contribution in [2.24, 2.45) is 0 Å². The van der Waals surface area contributed by atoms with Crippen LogP contribution in [0.25, 0.3) is 0 Å². The number of anilines is 1. The van der Waals surface area contributed by atoms with Crippen molar-refractivity contribution in [2.45, 2.75) is 25.4 Å². The molecule has 1 fully saturated rings. The molecule has 8 heteroatoms. The van der Waals surface area contributed by atoms with Gasteiger partial charge in [-0.3, -0.25) is 10.1 Å². The molecule has 0 atom stereocenters. The second-order valence-corrected chi connectivity index (χ2v) is 4.93. The standard InChI is InChI=1S/C10H13ClN4O3/c1-10(16)2-4-14(5-3-10)8-7(15(17)18)6-12-9(11)13-8/h6,16H,2-5H2,1H3. The van der Waals surface area contributed by atoms with Crippen LogP contribution in [0.15, 0.2) is 6.20 Å². The van der Waals surface area contributed by atoms with E-state index in [0.717, 1.165) is 6.20 Å². The van der Waals surface area contributed by atoms with Crippen LogP contribution in [0, 0.1) is 10.1 Å². The van der Waals surface area contributed by atoms with Crippen molar-refractivity contribution in [3.05, 3.63) is 21.6 Å². The fraction of sp³-hybridized carbons (Fsp3) is 0.600. The number of rotatable bonds is 2. The van der Waals surface area contributed by atoms with Gasteiger partial charge in [-0.15, -0.1) is 0 Å². The lowest BCUT2D eigenvalue weighted by molar-refractivity contribution is -0.384. The summed E-state index contributed by atoms with van der Waals surface area (Å²) in [7, 11) is 0. The van der Waals surface area contributed by atoms with E-state index in [4.69, 9.17) is 11.6 Å². The molecule has 0 unspecified atom stereocenters. The summed E-state index contributed by atoms with van der Waals surface area (Å²) in [6.07, 6.45) is 2.18. The summed E-state index contributed by atoms with van der Waals surface area (Å²) in [5.41, 5.74) is -0.886. The molecule has 7 nitrogen and oxygen atoms in total. The highest BCUT2D eigenvalue weighted by Gasteiger charge is 2.31. The quantitative estimate of drug-likeness (QED) is 0.497. The molecule has 1 aromatic heterocycles. The van der Waals surface area contributed by atoms with E-state index in [2.05, 4.69) is 9.97 Å². The molecular formula is C10H13ClN4O3. The van der Waals surface area contributed by atoms with E-state index >= 15 is 0 Å². The Morgan fingerprint density at radius 3 is 2.72 bits per heavy atom. The second kappa shape index (κ2) is 4.66. The fourth-order valence-electron chi connectivity index (χ4n) is 1.91. The summed E-state index contributed by atoms with van der Waals surface area (Å²) < 4.78 is 0. The first-order chi connectivity index (χ1) is 8.39. The van der Waals surface area contributed by atoms with Crippen LogP contribution in [0.4, 0.5) is 11.5 Å². The number of hydrogen-bond acceptors (Lipinski definition) is 6. The second-order valence-electron chi connectivity index (χ2n) is 4.59. The van der Waals surface area contributed by atoms with Gasteiger partial charge in [0.1, 0.15) is 6.20 Å².